The van der Waals surface area contributed by atoms with Gasteiger partial charge in [-0.2, -0.15) is 0 Å². The molecule has 0 aliphatic carbocycles. The lowest BCUT2D eigenvalue weighted by Gasteiger charge is -2.08. The van der Waals surface area contributed by atoms with Gasteiger partial charge in [0, 0.05) is 29.0 Å². The lowest BCUT2D eigenvalue weighted by atomic mass is 10.1. The van der Waals surface area contributed by atoms with Gasteiger partial charge in [0.05, 0.1) is 5.02 Å². The summed E-state index contributed by atoms with van der Waals surface area (Å²) in [4.78, 5) is 16.0. The molecule has 0 aliphatic heterocycles. The molecule has 6 heteroatoms. The van der Waals surface area contributed by atoms with Gasteiger partial charge in [0.1, 0.15) is 16.4 Å². The quantitative estimate of drug-likeness (QED) is 0.576. The first-order valence-corrected chi connectivity index (χ1v) is 7.91. The molecular formula is C16H12ClNO3S. The number of pyridine rings is 1. The third kappa shape index (κ3) is 2.82. The summed E-state index contributed by atoms with van der Waals surface area (Å²) < 4.78 is 5.22. The van der Waals surface area contributed by atoms with Crippen molar-refractivity contribution in [3.05, 3.63) is 63.1 Å². The van der Waals surface area contributed by atoms with E-state index in [-0.39, 0.29) is 5.75 Å². The van der Waals surface area contributed by atoms with E-state index in [9.17, 15) is 9.90 Å². The maximum Gasteiger partial charge on any atom is 0.336 e. The van der Waals surface area contributed by atoms with E-state index in [1.54, 1.807) is 37.4 Å². The number of hydrogen-bond donors (Lipinski definition) is 1. The number of rotatable bonds is 3. The van der Waals surface area contributed by atoms with Crippen LogP contribution in [0.4, 0.5) is 0 Å². The Morgan fingerprint density at radius 3 is 2.95 bits per heavy atom. The van der Waals surface area contributed by atoms with Crippen LogP contribution in [0.1, 0.15) is 11.1 Å². The lowest BCUT2D eigenvalue weighted by Crippen LogP contribution is -2.01. The molecule has 0 saturated carbocycles. The Bertz CT molecular complexity index is 908. The van der Waals surface area contributed by atoms with Gasteiger partial charge in [-0.3, -0.25) is 0 Å². The maximum atomic E-state index is 11.7. The molecule has 0 bridgehead atoms. The number of phenolic OH excluding ortho intramolecular Hbond substituents is 1. The van der Waals surface area contributed by atoms with E-state index in [0.29, 0.717) is 26.9 Å². The molecule has 0 amide bonds. The number of hydrogen-bond acceptors (Lipinski definition) is 5. The van der Waals surface area contributed by atoms with Gasteiger partial charge < -0.3 is 9.52 Å². The number of aromatic hydroxyl groups is 1. The van der Waals surface area contributed by atoms with E-state index in [1.165, 1.54) is 17.8 Å². The van der Waals surface area contributed by atoms with Crippen molar-refractivity contribution in [2.75, 3.05) is 0 Å². The number of halogens is 1. The molecule has 112 valence electrons. The Morgan fingerprint density at radius 2 is 2.18 bits per heavy atom. The van der Waals surface area contributed by atoms with Crippen LogP contribution >= 0.6 is 23.4 Å². The summed E-state index contributed by atoms with van der Waals surface area (Å²) in [5.41, 5.74) is 1.34. The van der Waals surface area contributed by atoms with Gasteiger partial charge in [0.15, 0.2) is 0 Å². The molecule has 2 heterocycles. The van der Waals surface area contributed by atoms with E-state index in [4.69, 9.17) is 16.0 Å². The van der Waals surface area contributed by atoms with Crippen molar-refractivity contribution < 1.29 is 9.52 Å². The van der Waals surface area contributed by atoms with E-state index in [2.05, 4.69) is 4.98 Å². The van der Waals surface area contributed by atoms with Crippen molar-refractivity contribution in [1.82, 2.24) is 4.98 Å². The average molecular weight is 334 g/mol. The van der Waals surface area contributed by atoms with Crippen molar-refractivity contribution >= 4 is 34.3 Å². The zero-order valence-corrected chi connectivity index (χ0v) is 13.2. The molecule has 0 saturated heterocycles. The molecule has 3 aromatic rings. The minimum atomic E-state index is -0.441. The highest BCUT2D eigenvalue weighted by molar-refractivity contribution is 7.98. The van der Waals surface area contributed by atoms with Crippen LogP contribution < -0.4 is 5.63 Å². The van der Waals surface area contributed by atoms with Gasteiger partial charge in [-0.05, 0) is 36.8 Å². The van der Waals surface area contributed by atoms with Crippen molar-refractivity contribution in [3.8, 4) is 5.75 Å². The molecular weight excluding hydrogens is 322 g/mol. The topological polar surface area (TPSA) is 63.3 Å². The number of fused-ring (bicyclic) bond motifs is 1. The van der Waals surface area contributed by atoms with Crippen LogP contribution in [-0.2, 0) is 5.75 Å². The van der Waals surface area contributed by atoms with Gasteiger partial charge in [-0.15, -0.1) is 11.8 Å². The molecule has 0 spiro atoms. The second-order valence-corrected chi connectivity index (χ2v) is 6.13. The number of thioether (sulfide) groups is 1. The van der Waals surface area contributed by atoms with E-state index in [1.807, 2.05) is 0 Å². The lowest BCUT2D eigenvalue weighted by molar-refractivity contribution is 0.468. The molecule has 3 rings (SSSR count). The number of aromatic nitrogens is 1. The fourth-order valence-corrected chi connectivity index (χ4v) is 3.32. The number of benzene rings is 1. The van der Waals surface area contributed by atoms with Crippen molar-refractivity contribution in [2.45, 2.75) is 17.7 Å². The van der Waals surface area contributed by atoms with E-state index >= 15 is 0 Å². The van der Waals surface area contributed by atoms with E-state index in [0.717, 1.165) is 10.9 Å². The highest BCUT2D eigenvalue weighted by atomic mass is 35.5. The summed E-state index contributed by atoms with van der Waals surface area (Å²) >= 11 is 7.54. The van der Waals surface area contributed by atoms with Crippen molar-refractivity contribution in [2.24, 2.45) is 0 Å². The second-order valence-electron chi connectivity index (χ2n) is 4.76. The van der Waals surface area contributed by atoms with Crippen LogP contribution in [0, 0.1) is 6.92 Å². The molecule has 4 nitrogen and oxygen atoms in total. The number of phenols is 1. The Balaban J connectivity index is 2.02. The minimum Gasteiger partial charge on any atom is -0.508 e. The van der Waals surface area contributed by atoms with Crippen molar-refractivity contribution in [3.63, 3.8) is 0 Å². The number of aryl methyl sites for hydroxylation is 1. The molecule has 1 aromatic carbocycles. The number of nitrogens with zero attached hydrogens (tertiary/aromatic N) is 1. The molecule has 0 unspecified atom stereocenters. The fourth-order valence-electron chi connectivity index (χ4n) is 2.16. The first-order valence-electron chi connectivity index (χ1n) is 6.55. The Morgan fingerprint density at radius 1 is 1.36 bits per heavy atom. The Kier molecular flexibility index (Phi) is 4.09. The molecule has 22 heavy (non-hydrogen) atoms. The molecule has 0 atom stereocenters. The van der Waals surface area contributed by atoms with E-state index < -0.39 is 5.63 Å². The summed E-state index contributed by atoms with van der Waals surface area (Å²) in [5, 5.41) is 11.8. The third-order valence-electron chi connectivity index (χ3n) is 3.31. The summed E-state index contributed by atoms with van der Waals surface area (Å²) in [6, 6.07) is 8.35. The van der Waals surface area contributed by atoms with Crippen LogP contribution in [0.15, 0.2) is 50.8 Å². The highest BCUT2D eigenvalue weighted by Crippen LogP contribution is 2.32. The standard InChI is InChI=1S/C16H12ClNO3S/c1-9-13(19)5-4-11-10(7-14(20)21-15(9)11)8-22-16-12(17)3-2-6-18-16/h2-7,19H,8H2,1H3. The minimum absolute atomic E-state index is 0.105. The van der Waals surface area contributed by atoms with Gasteiger partial charge in [-0.25, -0.2) is 9.78 Å². The van der Waals surface area contributed by atoms with Crippen LogP contribution in [0.3, 0.4) is 0 Å². The molecule has 0 fully saturated rings. The largest absolute Gasteiger partial charge is 0.508 e. The zero-order valence-electron chi connectivity index (χ0n) is 11.7. The van der Waals surface area contributed by atoms with Gasteiger partial charge >= 0.3 is 5.63 Å². The molecule has 1 N–H and O–H groups in total. The van der Waals surface area contributed by atoms with Gasteiger partial charge in [0.25, 0.3) is 0 Å². The van der Waals surface area contributed by atoms with Crippen LogP contribution in [0.5, 0.6) is 5.75 Å². The predicted molar refractivity (Wildman–Crippen MR) is 87.7 cm³/mol. The van der Waals surface area contributed by atoms with Gasteiger partial charge in [0.2, 0.25) is 0 Å². The first-order chi connectivity index (χ1) is 10.6. The van der Waals surface area contributed by atoms with Crippen LogP contribution in [0.25, 0.3) is 11.0 Å². The summed E-state index contributed by atoms with van der Waals surface area (Å²) in [6.07, 6.45) is 1.67. The van der Waals surface area contributed by atoms with Crippen LogP contribution in [0.2, 0.25) is 5.02 Å². The van der Waals surface area contributed by atoms with Gasteiger partial charge in [-0.1, -0.05) is 11.6 Å². The second kappa shape index (κ2) is 6.02. The smallest absolute Gasteiger partial charge is 0.336 e. The molecule has 2 aromatic heterocycles. The van der Waals surface area contributed by atoms with Crippen molar-refractivity contribution in [1.29, 1.82) is 0 Å². The zero-order chi connectivity index (χ0) is 15.7. The highest BCUT2D eigenvalue weighted by Gasteiger charge is 2.12. The monoisotopic (exact) mass is 333 g/mol. The normalized spacial score (nSPS) is 11.0. The summed E-state index contributed by atoms with van der Waals surface area (Å²) in [6.45, 7) is 1.72. The SMILES string of the molecule is Cc1c(O)ccc2c(CSc3ncccc3Cl)cc(=O)oc12. The van der Waals surface area contributed by atoms with Crippen LogP contribution in [-0.4, -0.2) is 10.1 Å². The Hall–Kier alpha value is -1.98. The average Bonchev–Trinajstić information content (AvgIpc) is 2.50. The fraction of sp³-hybridized carbons (Fsp3) is 0.125. The summed E-state index contributed by atoms with van der Waals surface area (Å²) in [5.74, 6) is 0.636. The molecule has 0 radical (unpaired) electrons. The molecule has 0 aliphatic rings. The third-order valence-corrected chi connectivity index (χ3v) is 4.78. The Labute approximate surface area is 135 Å². The first kappa shape index (κ1) is 14.9. The maximum absolute atomic E-state index is 11.7. The predicted octanol–water partition coefficient (Wildman–Crippen LogP) is 4.15. The summed E-state index contributed by atoms with van der Waals surface area (Å²) in [7, 11) is 0.